The van der Waals surface area contributed by atoms with Gasteiger partial charge in [-0.05, 0) is 56.0 Å². The van der Waals surface area contributed by atoms with Gasteiger partial charge in [0.05, 0.1) is 17.3 Å². The average Bonchev–Trinajstić information content (AvgIpc) is 2.53. The molecule has 3 nitrogen and oxygen atoms in total. The van der Waals surface area contributed by atoms with Gasteiger partial charge < -0.3 is 10.2 Å². The molecule has 0 bridgehead atoms. The van der Waals surface area contributed by atoms with Gasteiger partial charge in [0, 0.05) is 11.7 Å². The van der Waals surface area contributed by atoms with Crippen molar-refractivity contribution in [1.82, 2.24) is 0 Å². The monoisotopic (exact) mass is 328 g/mol. The number of nitrogens with one attached hydrogen (secondary N) is 1. The molecule has 1 heterocycles. The Morgan fingerprint density at radius 2 is 2.09 bits per heavy atom. The van der Waals surface area contributed by atoms with Gasteiger partial charge in [0.25, 0.3) is 0 Å². The summed E-state index contributed by atoms with van der Waals surface area (Å²) >= 11 is 6.20. The maximum atomic E-state index is 12.5. The number of aryl methyl sites for hydroxylation is 2. The van der Waals surface area contributed by atoms with Crippen molar-refractivity contribution in [3.05, 3.63) is 58.6 Å². The molecule has 0 spiro atoms. The molecule has 2 aromatic carbocycles. The Balaban J connectivity index is 1.75. The van der Waals surface area contributed by atoms with Crippen molar-refractivity contribution in [2.45, 2.75) is 32.7 Å². The first-order valence-electron chi connectivity index (χ1n) is 7.95. The molecular formula is C19H21ClN2O. The van der Waals surface area contributed by atoms with Gasteiger partial charge in [0.1, 0.15) is 0 Å². The Hall–Kier alpha value is -2.00. The third kappa shape index (κ3) is 3.50. The van der Waals surface area contributed by atoms with Crippen molar-refractivity contribution in [3.63, 3.8) is 0 Å². The van der Waals surface area contributed by atoms with E-state index in [2.05, 4.69) is 35.3 Å². The highest BCUT2D eigenvalue weighted by Crippen LogP contribution is 2.30. The molecule has 1 aliphatic rings. The van der Waals surface area contributed by atoms with Gasteiger partial charge in [-0.1, -0.05) is 35.9 Å². The summed E-state index contributed by atoms with van der Waals surface area (Å²) in [5.74, 6) is -0.0423. The normalized spacial score (nSPS) is 16.8. The van der Waals surface area contributed by atoms with E-state index in [1.54, 1.807) is 0 Å². The van der Waals surface area contributed by atoms with Crippen LogP contribution in [0.25, 0.3) is 0 Å². The quantitative estimate of drug-likeness (QED) is 0.904. The second kappa shape index (κ2) is 6.63. The molecule has 1 aliphatic heterocycles. The lowest BCUT2D eigenvalue weighted by Crippen LogP contribution is -2.42. The first-order valence-corrected chi connectivity index (χ1v) is 8.33. The average molecular weight is 329 g/mol. The number of halogens is 1. The molecule has 0 radical (unpaired) electrons. The summed E-state index contributed by atoms with van der Waals surface area (Å²) in [5, 5.41) is 3.50. The zero-order valence-corrected chi connectivity index (χ0v) is 14.2. The zero-order chi connectivity index (χ0) is 16.4. The molecule has 1 amide bonds. The Bertz CT molecular complexity index is 729. The molecule has 1 unspecified atom stereocenters. The molecule has 0 aliphatic carbocycles. The van der Waals surface area contributed by atoms with E-state index in [9.17, 15) is 4.79 Å². The van der Waals surface area contributed by atoms with Crippen molar-refractivity contribution in [2.24, 2.45) is 0 Å². The van der Waals surface area contributed by atoms with Crippen LogP contribution in [0, 0.1) is 6.92 Å². The zero-order valence-electron chi connectivity index (χ0n) is 13.5. The van der Waals surface area contributed by atoms with Crippen LogP contribution in [-0.4, -0.2) is 18.5 Å². The van der Waals surface area contributed by atoms with E-state index >= 15 is 0 Å². The number of carbonyl (C=O) groups is 1. The van der Waals surface area contributed by atoms with Crippen LogP contribution in [0.2, 0.25) is 5.02 Å². The second-order valence-corrected chi connectivity index (χ2v) is 6.58. The number of hydrogen-bond donors (Lipinski definition) is 1. The van der Waals surface area contributed by atoms with Gasteiger partial charge in [-0.3, -0.25) is 4.79 Å². The number of nitrogens with zero attached hydrogens (tertiary/aromatic N) is 1. The summed E-state index contributed by atoms with van der Waals surface area (Å²) < 4.78 is 0. The molecule has 2 aromatic rings. The van der Waals surface area contributed by atoms with Crippen molar-refractivity contribution in [2.75, 3.05) is 16.8 Å². The molecule has 3 rings (SSSR count). The van der Waals surface area contributed by atoms with E-state index in [0.29, 0.717) is 23.3 Å². The van der Waals surface area contributed by atoms with Gasteiger partial charge in [0.2, 0.25) is 5.91 Å². The summed E-state index contributed by atoms with van der Waals surface area (Å²) in [7, 11) is 0. The molecule has 1 atom stereocenters. The Kier molecular flexibility index (Phi) is 4.58. The van der Waals surface area contributed by atoms with Gasteiger partial charge in [-0.25, -0.2) is 0 Å². The number of carbonyl (C=O) groups excluding carboxylic acids is 1. The fourth-order valence-electron chi connectivity index (χ4n) is 3.07. The van der Waals surface area contributed by atoms with Gasteiger partial charge in [0.15, 0.2) is 0 Å². The van der Waals surface area contributed by atoms with E-state index in [4.69, 9.17) is 11.6 Å². The fourth-order valence-corrected chi connectivity index (χ4v) is 3.35. The Labute approximate surface area is 142 Å². The van der Waals surface area contributed by atoms with Crippen LogP contribution in [0.3, 0.4) is 0 Å². The van der Waals surface area contributed by atoms with E-state index < -0.39 is 0 Å². The van der Waals surface area contributed by atoms with Crippen molar-refractivity contribution in [1.29, 1.82) is 0 Å². The minimum absolute atomic E-state index is 0.0423. The highest BCUT2D eigenvalue weighted by molar-refractivity contribution is 6.33. The van der Waals surface area contributed by atoms with Crippen molar-refractivity contribution >= 4 is 28.9 Å². The lowest BCUT2D eigenvalue weighted by atomic mass is 9.96. The first-order chi connectivity index (χ1) is 11.0. The Morgan fingerprint density at radius 1 is 1.30 bits per heavy atom. The molecule has 0 saturated carbocycles. The van der Waals surface area contributed by atoms with Crippen LogP contribution >= 0.6 is 11.6 Å². The van der Waals surface area contributed by atoms with Crippen molar-refractivity contribution < 1.29 is 4.79 Å². The molecule has 4 heteroatoms. The molecule has 0 saturated heterocycles. The van der Waals surface area contributed by atoms with Crippen LogP contribution in [0.1, 0.15) is 24.5 Å². The number of amides is 1. The van der Waals surface area contributed by atoms with Crippen LogP contribution in [0.15, 0.2) is 42.5 Å². The van der Waals surface area contributed by atoms with E-state index in [-0.39, 0.29) is 5.91 Å². The minimum atomic E-state index is -0.0423. The highest BCUT2D eigenvalue weighted by atomic mass is 35.5. The largest absolute Gasteiger partial charge is 0.359 e. The predicted molar refractivity (Wildman–Crippen MR) is 96.4 cm³/mol. The lowest BCUT2D eigenvalue weighted by molar-refractivity contribution is -0.115. The van der Waals surface area contributed by atoms with Crippen LogP contribution in [0.4, 0.5) is 11.4 Å². The number of fused-ring (bicyclic) bond motifs is 1. The third-order valence-corrected chi connectivity index (χ3v) is 4.69. The molecule has 120 valence electrons. The lowest BCUT2D eigenvalue weighted by Gasteiger charge is -2.36. The maximum absolute atomic E-state index is 12.5. The Morgan fingerprint density at radius 3 is 2.87 bits per heavy atom. The molecule has 0 fully saturated rings. The summed E-state index contributed by atoms with van der Waals surface area (Å²) in [6.07, 6.45) is 2.13. The highest BCUT2D eigenvalue weighted by Gasteiger charge is 2.24. The molecule has 0 aromatic heterocycles. The summed E-state index contributed by atoms with van der Waals surface area (Å²) in [6, 6.07) is 14.3. The maximum Gasteiger partial charge on any atom is 0.243 e. The number of rotatable bonds is 3. The van der Waals surface area contributed by atoms with Crippen molar-refractivity contribution in [3.8, 4) is 0 Å². The van der Waals surface area contributed by atoms with Crippen LogP contribution in [-0.2, 0) is 11.2 Å². The predicted octanol–water partition coefficient (Wildman–Crippen LogP) is 4.43. The number of hydrogen-bond acceptors (Lipinski definition) is 2. The van der Waals surface area contributed by atoms with E-state index in [1.807, 2.05) is 31.2 Å². The minimum Gasteiger partial charge on any atom is -0.359 e. The number of benzene rings is 2. The van der Waals surface area contributed by atoms with E-state index in [1.165, 1.54) is 5.56 Å². The smallest absolute Gasteiger partial charge is 0.243 e. The van der Waals surface area contributed by atoms with E-state index in [0.717, 1.165) is 24.1 Å². The molecule has 23 heavy (non-hydrogen) atoms. The summed E-state index contributed by atoms with van der Waals surface area (Å²) in [5.41, 5.74) is 4.22. The van der Waals surface area contributed by atoms with Gasteiger partial charge in [-0.15, -0.1) is 0 Å². The number of anilines is 2. The standard InChI is InChI=1S/C19H21ClN2O/c1-13-7-10-17(16(20)11-13)21-19(23)12-22-14(2)8-9-15-5-3-4-6-18(15)22/h3-7,10-11,14H,8-9,12H2,1-2H3,(H,21,23). The SMILES string of the molecule is Cc1ccc(NC(=O)CN2c3ccccc3CCC2C)c(Cl)c1. The molecular weight excluding hydrogens is 308 g/mol. The van der Waals surface area contributed by atoms with Gasteiger partial charge in [-0.2, -0.15) is 0 Å². The molecule has 1 N–H and O–H groups in total. The van der Waals surface area contributed by atoms with Gasteiger partial charge >= 0.3 is 0 Å². The number of para-hydroxylation sites is 1. The first kappa shape index (κ1) is 15.9. The third-order valence-electron chi connectivity index (χ3n) is 4.38. The topological polar surface area (TPSA) is 32.3 Å². The van der Waals surface area contributed by atoms with Crippen LogP contribution < -0.4 is 10.2 Å². The summed E-state index contributed by atoms with van der Waals surface area (Å²) in [4.78, 5) is 14.6. The second-order valence-electron chi connectivity index (χ2n) is 6.18. The summed E-state index contributed by atoms with van der Waals surface area (Å²) in [6.45, 7) is 4.48. The fraction of sp³-hybridized carbons (Fsp3) is 0.316. The van der Waals surface area contributed by atoms with Crippen LogP contribution in [0.5, 0.6) is 0 Å².